The van der Waals surface area contributed by atoms with Crippen LogP contribution in [0.3, 0.4) is 0 Å². The first-order valence-electron chi connectivity index (χ1n) is 6.93. The molecule has 0 bridgehead atoms. The quantitative estimate of drug-likeness (QED) is 0.821. The maximum Gasteiger partial charge on any atom is 0.336 e. The van der Waals surface area contributed by atoms with Gasteiger partial charge in [0.2, 0.25) is 0 Å². The summed E-state index contributed by atoms with van der Waals surface area (Å²) in [6.07, 6.45) is 1.67. The van der Waals surface area contributed by atoms with Gasteiger partial charge in [-0.15, -0.1) is 0 Å². The van der Waals surface area contributed by atoms with Gasteiger partial charge in [0.25, 0.3) is 0 Å². The number of carbonyl (C=O) groups is 1. The summed E-state index contributed by atoms with van der Waals surface area (Å²) in [4.78, 5) is 16.4. The fourth-order valence-electron chi connectivity index (χ4n) is 3.35. The SMILES string of the molecule is CC1Cc2c(nc3c(Br)cc(F)cc3c2C(=O)O)C(C)C1. The van der Waals surface area contributed by atoms with Crippen molar-refractivity contribution in [2.75, 3.05) is 0 Å². The van der Waals surface area contributed by atoms with E-state index in [0.29, 0.717) is 27.7 Å². The number of hydrogen-bond donors (Lipinski definition) is 1. The number of halogens is 2. The Morgan fingerprint density at radius 3 is 2.81 bits per heavy atom. The molecule has 0 aliphatic heterocycles. The molecule has 1 aliphatic carbocycles. The highest BCUT2D eigenvalue weighted by Crippen LogP contribution is 2.39. The van der Waals surface area contributed by atoms with Gasteiger partial charge in [0, 0.05) is 15.6 Å². The molecular formula is C16H15BrFNO2. The number of aromatic nitrogens is 1. The number of pyridine rings is 1. The summed E-state index contributed by atoms with van der Waals surface area (Å²) >= 11 is 3.30. The summed E-state index contributed by atoms with van der Waals surface area (Å²) in [6.45, 7) is 4.17. The predicted molar refractivity (Wildman–Crippen MR) is 82.3 cm³/mol. The minimum absolute atomic E-state index is 0.202. The Morgan fingerprint density at radius 2 is 2.14 bits per heavy atom. The van der Waals surface area contributed by atoms with E-state index < -0.39 is 11.8 Å². The molecule has 2 aromatic rings. The van der Waals surface area contributed by atoms with Crippen molar-refractivity contribution in [3.63, 3.8) is 0 Å². The van der Waals surface area contributed by atoms with Crippen molar-refractivity contribution in [3.8, 4) is 0 Å². The molecule has 1 aromatic heterocycles. The monoisotopic (exact) mass is 351 g/mol. The zero-order valence-corrected chi connectivity index (χ0v) is 13.4. The van der Waals surface area contributed by atoms with Crippen LogP contribution in [0.25, 0.3) is 10.9 Å². The van der Waals surface area contributed by atoms with Crippen LogP contribution in [0.1, 0.15) is 47.8 Å². The zero-order chi connectivity index (χ0) is 15.3. The van der Waals surface area contributed by atoms with E-state index in [9.17, 15) is 14.3 Å². The summed E-state index contributed by atoms with van der Waals surface area (Å²) in [5, 5.41) is 10.00. The van der Waals surface area contributed by atoms with E-state index in [1.165, 1.54) is 12.1 Å². The summed E-state index contributed by atoms with van der Waals surface area (Å²) < 4.78 is 14.2. The largest absolute Gasteiger partial charge is 0.478 e. The Kier molecular flexibility index (Phi) is 3.48. The van der Waals surface area contributed by atoms with E-state index in [1.807, 2.05) is 0 Å². The third kappa shape index (κ3) is 2.33. The normalized spacial score (nSPS) is 21.3. The smallest absolute Gasteiger partial charge is 0.336 e. The van der Waals surface area contributed by atoms with E-state index in [4.69, 9.17) is 0 Å². The lowest BCUT2D eigenvalue weighted by Crippen LogP contribution is -2.20. The maximum atomic E-state index is 13.7. The highest BCUT2D eigenvalue weighted by Gasteiger charge is 2.29. The van der Waals surface area contributed by atoms with Gasteiger partial charge >= 0.3 is 5.97 Å². The topological polar surface area (TPSA) is 50.2 Å². The Hall–Kier alpha value is -1.49. The fourth-order valence-corrected chi connectivity index (χ4v) is 3.88. The third-order valence-corrected chi connectivity index (χ3v) is 4.73. The van der Waals surface area contributed by atoms with E-state index in [-0.39, 0.29) is 11.5 Å². The molecule has 0 fully saturated rings. The first-order valence-corrected chi connectivity index (χ1v) is 7.72. The minimum atomic E-state index is -1.02. The lowest BCUT2D eigenvalue weighted by Gasteiger charge is -2.28. The molecule has 0 saturated carbocycles. The van der Waals surface area contributed by atoms with E-state index >= 15 is 0 Å². The molecule has 0 radical (unpaired) electrons. The van der Waals surface area contributed by atoms with Gasteiger partial charge < -0.3 is 5.11 Å². The lowest BCUT2D eigenvalue weighted by atomic mass is 9.79. The Bertz CT molecular complexity index is 760. The second-order valence-corrected chi connectivity index (χ2v) is 6.74. The average Bonchev–Trinajstić information content (AvgIpc) is 2.35. The van der Waals surface area contributed by atoms with Gasteiger partial charge in [0.15, 0.2) is 0 Å². The van der Waals surface area contributed by atoms with Gasteiger partial charge in [-0.1, -0.05) is 13.8 Å². The second-order valence-electron chi connectivity index (χ2n) is 5.89. The molecule has 2 unspecified atom stereocenters. The van der Waals surface area contributed by atoms with Crippen LogP contribution in [0.5, 0.6) is 0 Å². The minimum Gasteiger partial charge on any atom is -0.478 e. The standard InChI is InChI=1S/C16H15BrFNO2/c1-7-3-8(2)14-10(4-7)13(16(20)21)11-5-9(18)6-12(17)15(11)19-14/h5-8H,3-4H2,1-2H3,(H,20,21). The van der Waals surface area contributed by atoms with Crippen molar-refractivity contribution in [1.29, 1.82) is 0 Å². The maximum absolute atomic E-state index is 13.7. The molecule has 2 atom stereocenters. The van der Waals surface area contributed by atoms with Crippen molar-refractivity contribution in [2.45, 2.75) is 32.6 Å². The van der Waals surface area contributed by atoms with Gasteiger partial charge in [-0.2, -0.15) is 0 Å². The number of fused-ring (bicyclic) bond motifs is 2. The van der Waals surface area contributed by atoms with E-state index in [0.717, 1.165) is 17.7 Å². The Balaban J connectivity index is 2.45. The molecule has 1 aliphatic rings. The highest BCUT2D eigenvalue weighted by molar-refractivity contribution is 9.10. The summed E-state index contributed by atoms with van der Waals surface area (Å²) in [6, 6.07) is 2.59. The van der Waals surface area contributed by atoms with Gasteiger partial charge in [-0.3, -0.25) is 4.98 Å². The third-order valence-electron chi connectivity index (χ3n) is 4.13. The molecule has 3 nitrogen and oxygen atoms in total. The van der Waals surface area contributed by atoms with Crippen LogP contribution in [0, 0.1) is 11.7 Å². The van der Waals surface area contributed by atoms with E-state index in [1.54, 1.807) is 0 Å². The van der Waals surface area contributed by atoms with Crippen LogP contribution < -0.4 is 0 Å². The predicted octanol–water partition coefficient (Wildman–Crippen LogP) is 4.52. The number of carboxylic acids is 1. The van der Waals surface area contributed by atoms with Crippen molar-refractivity contribution < 1.29 is 14.3 Å². The number of nitrogens with zero attached hydrogens (tertiary/aromatic N) is 1. The second kappa shape index (κ2) is 5.05. The molecule has 1 heterocycles. The number of rotatable bonds is 1. The molecule has 3 rings (SSSR count). The number of aromatic carboxylic acids is 1. The van der Waals surface area contributed by atoms with Gasteiger partial charge in [-0.05, 0) is 58.3 Å². The fraction of sp³-hybridized carbons (Fsp3) is 0.375. The number of hydrogen-bond acceptors (Lipinski definition) is 2. The van der Waals surface area contributed by atoms with E-state index in [2.05, 4.69) is 34.8 Å². The molecule has 1 N–H and O–H groups in total. The molecule has 0 amide bonds. The molecule has 21 heavy (non-hydrogen) atoms. The Labute approximate surface area is 130 Å². The van der Waals surface area contributed by atoms with Crippen molar-refractivity contribution in [3.05, 3.63) is 39.2 Å². The van der Waals surface area contributed by atoms with Gasteiger partial charge in [0.05, 0.1) is 11.1 Å². The van der Waals surface area contributed by atoms with Crippen molar-refractivity contribution in [2.24, 2.45) is 5.92 Å². The van der Waals surface area contributed by atoms with Crippen molar-refractivity contribution >= 4 is 32.8 Å². The number of benzene rings is 1. The van der Waals surface area contributed by atoms with Crippen LogP contribution in [0.4, 0.5) is 4.39 Å². The first kappa shape index (κ1) is 14.4. The van der Waals surface area contributed by atoms with Crippen LogP contribution in [-0.2, 0) is 6.42 Å². The van der Waals surface area contributed by atoms with Crippen LogP contribution in [-0.4, -0.2) is 16.1 Å². The average molecular weight is 352 g/mol. The van der Waals surface area contributed by atoms with Crippen LogP contribution in [0.2, 0.25) is 0 Å². The van der Waals surface area contributed by atoms with Crippen LogP contribution in [0.15, 0.2) is 16.6 Å². The molecule has 110 valence electrons. The molecular weight excluding hydrogens is 337 g/mol. The summed E-state index contributed by atoms with van der Waals surface area (Å²) in [5.41, 5.74) is 2.33. The molecule has 0 saturated heterocycles. The zero-order valence-electron chi connectivity index (χ0n) is 11.8. The summed E-state index contributed by atoms with van der Waals surface area (Å²) in [7, 11) is 0. The van der Waals surface area contributed by atoms with Crippen LogP contribution >= 0.6 is 15.9 Å². The molecule has 5 heteroatoms. The van der Waals surface area contributed by atoms with Crippen molar-refractivity contribution in [1.82, 2.24) is 4.98 Å². The number of carboxylic acid groups (broad SMARTS) is 1. The molecule has 0 spiro atoms. The highest BCUT2D eigenvalue weighted by atomic mass is 79.9. The summed E-state index contributed by atoms with van der Waals surface area (Å²) in [5.74, 6) is -0.863. The van der Waals surface area contributed by atoms with Gasteiger partial charge in [-0.25, -0.2) is 9.18 Å². The lowest BCUT2D eigenvalue weighted by molar-refractivity contribution is 0.0697. The molecule has 1 aromatic carbocycles. The van der Waals surface area contributed by atoms with Gasteiger partial charge in [0.1, 0.15) is 5.82 Å². The Morgan fingerprint density at radius 1 is 1.43 bits per heavy atom. The first-order chi connectivity index (χ1) is 9.88.